The van der Waals surface area contributed by atoms with Gasteiger partial charge in [0.25, 0.3) is 11.1 Å². The first-order chi connectivity index (χ1) is 13.2. The fraction of sp³-hybridized carbons (Fsp3) is 0.211. The Bertz CT molecular complexity index is 1030. The van der Waals surface area contributed by atoms with Crippen molar-refractivity contribution in [3.05, 3.63) is 56.4 Å². The summed E-state index contributed by atoms with van der Waals surface area (Å²) in [5.41, 5.74) is 2.57. The highest BCUT2D eigenvalue weighted by atomic mass is 79.9. The van der Waals surface area contributed by atoms with Crippen LogP contribution in [-0.4, -0.2) is 40.2 Å². The van der Waals surface area contributed by atoms with Crippen LogP contribution in [0, 0.1) is 19.7 Å². The number of amides is 2. The number of carbonyl (C=O) groups is 3. The molecule has 3 rings (SSSR count). The molecule has 1 aliphatic heterocycles. The molecule has 1 fully saturated rings. The number of hydrogen-bond acceptors (Lipinski definition) is 5. The van der Waals surface area contributed by atoms with Crippen LogP contribution in [0.3, 0.4) is 0 Å². The van der Waals surface area contributed by atoms with Gasteiger partial charge in [0.15, 0.2) is 0 Å². The average molecular weight is 467 g/mol. The largest absolute Gasteiger partial charge is 0.468 e. The molecule has 9 heteroatoms. The Labute approximate surface area is 173 Å². The summed E-state index contributed by atoms with van der Waals surface area (Å²) in [6.45, 7) is 3.20. The Balaban J connectivity index is 1.97. The van der Waals surface area contributed by atoms with Gasteiger partial charge in [0.2, 0.25) is 0 Å². The van der Waals surface area contributed by atoms with Crippen LogP contribution in [0.25, 0.3) is 11.8 Å². The second kappa shape index (κ2) is 7.92. The van der Waals surface area contributed by atoms with Gasteiger partial charge in [0, 0.05) is 15.9 Å². The summed E-state index contributed by atoms with van der Waals surface area (Å²) < 4.78 is 21.3. The van der Waals surface area contributed by atoms with E-state index in [1.807, 2.05) is 13.0 Å². The summed E-state index contributed by atoms with van der Waals surface area (Å²) in [4.78, 5) is 37.0. The zero-order valence-corrected chi connectivity index (χ0v) is 17.7. The second-order valence-electron chi connectivity index (χ2n) is 6.10. The summed E-state index contributed by atoms with van der Waals surface area (Å²) in [6.07, 6.45) is 1.58. The molecule has 6 nitrogen and oxygen atoms in total. The SMILES string of the molecule is COC(=O)CN1C(=O)SC(=Cc2cc(C)n(-c3ccc(Br)cc3F)c2C)C1=O. The zero-order chi connectivity index (χ0) is 20.6. The first-order valence-corrected chi connectivity index (χ1v) is 9.80. The molecule has 1 aliphatic rings. The number of hydrogen-bond donors (Lipinski definition) is 0. The molecule has 0 aliphatic carbocycles. The number of aryl methyl sites for hydroxylation is 1. The molecule has 1 aromatic carbocycles. The molecule has 1 saturated heterocycles. The molecule has 2 amide bonds. The molecule has 2 heterocycles. The van der Waals surface area contributed by atoms with Gasteiger partial charge in [-0.05, 0) is 61.5 Å². The molecule has 0 saturated carbocycles. The number of carbonyl (C=O) groups excluding carboxylic acids is 3. The molecule has 0 bridgehead atoms. The zero-order valence-electron chi connectivity index (χ0n) is 15.3. The summed E-state index contributed by atoms with van der Waals surface area (Å²) in [6, 6.07) is 6.60. The fourth-order valence-electron chi connectivity index (χ4n) is 2.94. The van der Waals surface area contributed by atoms with Gasteiger partial charge in [-0.15, -0.1) is 0 Å². The Hall–Kier alpha value is -2.39. The van der Waals surface area contributed by atoms with Crippen molar-refractivity contribution >= 4 is 50.9 Å². The molecule has 0 atom stereocenters. The standard InChI is InChI=1S/C19H16BrFN2O4S/c1-10-6-12(11(2)23(10)15-5-4-13(20)8-14(15)21)7-16-18(25)22(19(26)28-16)9-17(24)27-3/h4-8H,9H2,1-3H3. The van der Waals surface area contributed by atoms with Crippen LogP contribution < -0.4 is 0 Å². The van der Waals surface area contributed by atoms with Crippen LogP contribution >= 0.6 is 27.7 Å². The number of esters is 1. The molecule has 0 radical (unpaired) electrons. The van der Waals surface area contributed by atoms with Crippen LogP contribution in [0.5, 0.6) is 0 Å². The highest BCUT2D eigenvalue weighted by Gasteiger charge is 2.36. The predicted octanol–water partition coefficient (Wildman–Crippen LogP) is 4.21. The molecular weight excluding hydrogens is 451 g/mol. The third-order valence-electron chi connectivity index (χ3n) is 4.30. The van der Waals surface area contributed by atoms with Gasteiger partial charge >= 0.3 is 5.97 Å². The van der Waals surface area contributed by atoms with E-state index in [4.69, 9.17) is 0 Å². The van der Waals surface area contributed by atoms with Crippen molar-refractivity contribution in [2.45, 2.75) is 13.8 Å². The van der Waals surface area contributed by atoms with Crippen molar-refractivity contribution in [2.75, 3.05) is 13.7 Å². The minimum Gasteiger partial charge on any atom is -0.468 e. The first kappa shape index (κ1) is 20.3. The van der Waals surface area contributed by atoms with Gasteiger partial charge in [-0.3, -0.25) is 19.3 Å². The van der Waals surface area contributed by atoms with Crippen molar-refractivity contribution in [1.29, 1.82) is 0 Å². The molecule has 0 spiro atoms. The smallest absolute Gasteiger partial charge is 0.325 e. The highest BCUT2D eigenvalue weighted by molar-refractivity contribution is 9.10. The van der Waals surface area contributed by atoms with Crippen LogP contribution in [0.1, 0.15) is 17.0 Å². The topological polar surface area (TPSA) is 68.6 Å². The van der Waals surface area contributed by atoms with E-state index in [0.29, 0.717) is 15.7 Å². The average Bonchev–Trinajstić information content (AvgIpc) is 3.05. The van der Waals surface area contributed by atoms with Crippen molar-refractivity contribution in [3.8, 4) is 5.69 Å². The summed E-state index contributed by atoms with van der Waals surface area (Å²) in [7, 11) is 1.19. The minimum atomic E-state index is -0.674. The Kier molecular flexibility index (Phi) is 5.76. The van der Waals surface area contributed by atoms with E-state index in [1.54, 1.807) is 29.7 Å². The number of thioether (sulfide) groups is 1. The molecular formula is C19H16BrFN2O4S. The number of benzene rings is 1. The van der Waals surface area contributed by atoms with Gasteiger partial charge in [-0.1, -0.05) is 15.9 Å². The molecule has 2 aromatic rings. The molecule has 146 valence electrons. The van der Waals surface area contributed by atoms with Crippen LogP contribution in [-0.2, 0) is 14.3 Å². The van der Waals surface area contributed by atoms with Crippen LogP contribution in [0.4, 0.5) is 9.18 Å². The number of aromatic nitrogens is 1. The number of ether oxygens (including phenoxy) is 1. The molecule has 28 heavy (non-hydrogen) atoms. The van der Waals surface area contributed by atoms with Gasteiger partial charge in [0.1, 0.15) is 12.4 Å². The maximum atomic E-state index is 14.4. The number of imide groups is 1. The van der Waals surface area contributed by atoms with E-state index in [0.717, 1.165) is 28.0 Å². The summed E-state index contributed by atoms with van der Waals surface area (Å²) in [5, 5.41) is -0.533. The Morgan fingerprint density at radius 2 is 2.00 bits per heavy atom. The predicted molar refractivity (Wildman–Crippen MR) is 108 cm³/mol. The normalized spacial score (nSPS) is 15.6. The van der Waals surface area contributed by atoms with E-state index in [2.05, 4.69) is 20.7 Å². The van der Waals surface area contributed by atoms with E-state index in [1.165, 1.54) is 13.2 Å². The first-order valence-electron chi connectivity index (χ1n) is 8.19. The van der Waals surface area contributed by atoms with Gasteiger partial charge in [-0.25, -0.2) is 4.39 Å². The molecule has 0 N–H and O–H groups in total. The maximum Gasteiger partial charge on any atom is 0.325 e. The number of halogens is 2. The monoisotopic (exact) mass is 466 g/mol. The second-order valence-corrected chi connectivity index (χ2v) is 8.01. The molecule has 0 unspecified atom stereocenters. The van der Waals surface area contributed by atoms with Crippen molar-refractivity contribution in [1.82, 2.24) is 9.47 Å². The van der Waals surface area contributed by atoms with Crippen molar-refractivity contribution < 1.29 is 23.5 Å². The number of rotatable bonds is 4. The summed E-state index contributed by atoms with van der Waals surface area (Å²) >= 11 is 4.00. The van der Waals surface area contributed by atoms with Crippen molar-refractivity contribution in [3.63, 3.8) is 0 Å². The van der Waals surface area contributed by atoms with Gasteiger partial charge < -0.3 is 9.30 Å². The Morgan fingerprint density at radius 1 is 1.29 bits per heavy atom. The number of nitrogens with zero attached hydrogens (tertiary/aromatic N) is 2. The van der Waals surface area contributed by atoms with Crippen molar-refractivity contribution in [2.24, 2.45) is 0 Å². The number of methoxy groups -OCH3 is 1. The van der Waals surface area contributed by atoms with Crippen LogP contribution in [0.15, 0.2) is 33.6 Å². The third kappa shape index (κ3) is 3.77. The third-order valence-corrected chi connectivity index (χ3v) is 5.70. The van der Waals surface area contributed by atoms with E-state index in [-0.39, 0.29) is 10.7 Å². The quantitative estimate of drug-likeness (QED) is 0.498. The lowest BCUT2D eigenvalue weighted by Gasteiger charge is -2.11. The minimum absolute atomic E-state index is 0.199. The lowest BCUT2D eigenvalue weighted by molar-refractivity contribution is -0.143. The molecule has 1 aromatic heterocycles. The summed E-state index contributed by atoms with van der Waals surface area (Å²) in [5.74, 6) is -1.62. The van der Waals surface area contributed by atoms with E-state index < -0.39 is 23.7 Å². The van der Waals surface area contributed by atoms with Gasteiger partial charge in [0.05, 0.1) is 17.7 Å². The Morgan fingerprint density at radius 3 is 2.64 bits per heavy atom. The van der Waals surface area contributed by atoms with E-state index >= 15 is 0 Å². The lowest BCUT2D eigenvalue weighted by Crippen LogP contribution is -2.34. The van der Waals surface area contributed by atoms with E-state index in [9.17, 15) is 18.8 Å². The van der Waals surface area contributed by atoms with Crippen LogP contribution in [0.2, 0.25) is 0 Å². The lowest BCUT2D eigenvalue weighted by atomic mass is 10.2. The highest BCUT2D eigenvalue weighted by Crippen LogP contribution is 2.34. The fourth-order valence-corrected chi connectivity index (χ4v) is 4.10. The maximum absolute atomic E-state index is 14.4. The van der Waals surface area contributed by atoms with Gasteiger partial charge in [-0.2, -0.15) is 0 Å².